The summed E-state index contributed by atoms with van der Waals surface area (Å²) < 4.78 is 0. The van der Waals surface area contributed by atoms with Crippen LogP contribution in [-0.2, 0) is 38.4 Å². The first-order valence-corrected chi connectivity index (χ1v) is 13.8. The number of guanidine groups is 2. The fourth-order valence-electron chi connectivity index (χ4n) is 5.02. The zero-order valence-corrected chi connectivity index (χ0v) is 24.3. The second-order valence-electron chi connectivity index (χ2n) is 11.1. The molecular weight excluding hydrogens is 616 g/mol. The lowest BCUT2D eigenvalue weighted by Crippen LogP contribution is -2.60. The number of carbonyl (C=O) groups is 8. The number of nitrogens with zero attached hydrogens (tertiary/aromatic N) is 2. The van der Waals surface area contributed by atoms with Crippen LogP contribution in [0.1, 0.15) is 25.7 Å². The van der Waals surface area contributed by atoms with Gasteiger partial charge in [-0.25, -0.2) is 0 Å². The van der Waals surface area contributed by atoms with Crippen LogP contribution in [0, 0.1) is 11.8 Å². The van der Waals surface area contributed by atoms with Crippen molar-refractivity contribution in [3.05, 3.63) is 0 Å². The van der Waals surface area contributed by atoms with Crippen LogP contribution in [0.15, 0.2) is 9.98 Å². The van der Waals surface area contributed by atoms with Gasteiger partial charge in [0.15, 0.2) is 11.9 Å². The van der Waals surface area contributed by atoms with Gasteiger partial charge in [-0.05, 0) is 12.8 Å². The Balaban J connectivity index is 1.94. The molecule has 2 spiro atoms. The molecule has 3 aliphatic rings. The molecule has 3 rings (SSSR count). The number of nitrogens with one attached hydrogen (secondary N) is 6. The third kappa shape index (κ3) is 8.69. The number of amides is 6. The number of hydrogen-bond acceptors (Lipinski definition) is 10. The maximum atomic E-state index is 13.3. The highest BCUT2D eigenvalue weighted by Gasteiger charge is 2.62. The van der Waals surface area contributed by atoms with Gasteiger partial charge in [0.25, 0.3) is 0 Å². The van der Waals surface area contributed by atoms with E-state index in [0.29, 0.717) is 0 Å². The molecule has 6 amide bonds. The highest BCUT2D eigenvalue weighted by Crippen LogP contribution is 2.45. The topological polar surface area (TPSA) is 378 Å². The first-order valence-electron chi connectivity index (χ1n) is 13.8. The van der Waals surface area contributed by atoms with Gasteiger partial charge < -0.3 is 65.0 Å². The van der Waals surface area contributed by atoms with E-state index in [4.69, 9.17) is 22.9 Å². The predicted octanol–water partition coefficient (Wildman–Crippen LogP) is -7.55. The van der Waals surface area contributed by atoms with E-state index in [-0.39, 0.29) is 37.9 Å². The van der Waals surface area contributed by atoms with E-state index in [1.807, 2.05) is 0 Å². The molecule has 1 heterocycles. The standard InChI is InChI=1S/C24H36N12O10/c25-21(26)31-5-9-3-23(9)19(45)30-8-14(38)34-12(2-16(41)42)18(44)36-24(4-10(24)6-32-22(27)28)20(46)29-7-13(37)33-11(1-15(39)40)17(43)35-23/h9-12H,1-8H2,(H,29,46)(H,30,45)(H,33,37)(H,34,38)(H,35,43)(H,36,44)(H,39,40)(H,41,42)(H4,25,26,31)(H4,27,28,32)/t9-,10-,11-,12-,23+,24+/m0/s1. The van der Waals surface area contributed by atoms with Crippen LogP contribution in [0.5, 0.6) is 0 Å². The molecule has 252 valence electrons. The molecule has 22 heteroatoms. The van der Waals surface area contributed by atoms with Crippen molar-refractivity contribution in [2.24, 2.45) is 44.8 Å². The average Bonchev–Trinajstić information content (AvgIpc) is 3.85. The maximum absolute atomic E-state index is 13.3. The van der Waals surface area contributed by atoms with E-state index in [9.17, 15) is 48.6 Å². The molecule has 0 aromatic rings. The minimum Gasteiger partial charge on any atom is -0.481 e. The highest BCUT2D eigenvalue weighted by atomic mass is 16.4. The summed E-state index contributed by atoms with van der Waals surface area (Å²) >= 11 is 0. The van der Waals surface area contributed by atoms with Gasteiger partial charge in [0.2, 0.25) is 35.4 Å². The van der Waals surface area contributed by atoms with Crippen molar-refractivity contribution in [3.63, 3.8) is 0 Å². The van der Waals surface area contributed by atoms with Crippen LogP contribution in [0.2, 0.25) is 0 Å². The molecule has 3 fully saturated rings. The summed E-state index contributed by atoms with van der Waals surface area (Å²) in [5.74, 6) is -10.9. The fraction of sp³-hybridized carbons (Fsp3) is 0.583. The summed E-state index contributed by atoms with van der Waals surface area (Å²) in [6.45, 7) is -1.86. The quantitative estimate of drug-likeness (QED) is 0.0856. The first kappa shape index (κ1) is 34.8. The van der Waals surface area contributed by atoms with Gasteiger partial charge in [0.1, 0.15) is 23.2 Å². The van der Waals surface area contributed by atoms with E-state index in [2.05, 4.69) is 41.9 Å². The van der Waals surface area contributed by atoms with Gasteiger partial charge in [-0.15, -0.1) is 0 Å². The van der Waals surface area contributed by atoms with Crippen LogP contribution in [0.4, 0.5) is 0 Å². The van der Waals surface area contributed by atoms with Gasteiger partial charge in [0.05, 0.1) is 25.9 Å². The Morgan fingerprint density at radius 1 is 0.674 bits per heavy atom. The van der Waals surface area contributed by atoms with E-state index in [1.54, 1.807) is 0 Å². The van der Waals surface area contributed by atoms with E-state index in [1.165, 1.54) is 0 Å². The molecular formula is C24H36N12O10. The van der Waals surface area contributed by atoms with Gasteiger partial charge in [-0.1, -0.05) is 0 Å². The molecule has 6 atom stereocenters. The van der Waals surface area contributed by atoms with Crippen LogP contribution < -0.4 is 54.8 Å². The average molecular weight is 653 g/mol. The summed E-state index contributed by atoms with van der Waals surface area (Å²) in [6, 6.07) is -3.42. The van der Waals surface area contributed by atoms with Crippen molar-refractivity contribution >= 4 is 59.3 Å². The number of nitrogens with two attached hydrogens (primary N) is 4. The van der Waals surface area contributed by atoms with E-state index >= 15 is 0 Å². The minimum atomic E-state index is -1.72. The monoisotopic (exact) mass is 652 g/mol. The summed E-state index contributed by atoms with van der Waals surface area (Å²) in [5, 5.41) is 32.5. The largest absolute Gasteiger partial charge is 0.481 e. The van der Waals surface area contributed by atoms with Crippen LogP contribution in [0.25, 0.3) is 0 Å². The fourth-order valence-corrected chi connectivity index (χ4v) is 5.02. The van der Waals surface area contributed by atoms with Crippen molar-refractivity contribution in [1.29, 1.82) is 0 Å². The second-order valence-corrected chi connectivity index (χ2v) is 11.1. The Morgan fingerprint density at radius 3 is 1.33 bits per heavy atom. The van der Waals surface area contributed by atoms with Crippen LogP contribution in [0.3, 0.4) is 0 Å². The third-order valence-corrected chi connectivity index (χ3v) is 7.58. The van der Waals surface area contributed by atoms with Crippen molar-refractivity contribution < 1.29 is 48.6 Å². The molecule has 0 unspecified atom stereocenters. The minimum absolute atomic E-state index is 0.0418. The number of aliphatic carboxylic acids is 2. The lowest BCUT2D eigenvalue weighted by atomic mass is 10.1. The van der Waals surface area contributed by atoms with Crippen LogP contribution >= 0.6 is 0 Å². The van der Waals surface area contributed by atoms with Crippen molar-refractivity contribution in [1.82, 2.24) is 31.9 Å². The number of carboxylic acids is 2. The molecule has 0 radical (unpaired) electrons. The molecule has 1 saturated heterocycles. The number of rotatable bonds is 8. The first-order chi connectivity index (χ1) is 21.5. The Labute approximate surface area is 259 Å². The Bertz CT molecular complexity index is 1270. The molecule has 1 aliphatic heterocycles. The highest BCUT2D eigenvalue weighted by molar-refractivity contribution is 6.02. The summed E-state index contributed by atoms with van der Waals surface area (Å²) in [7, 11) is 0. The molecule has 16 N–H and O–H groups in total. The summed E-state index contributed by atoms with van der Waals surface area (Å²) in [5.41, 5.74) is 18.0. The molecule has 0 aromatic carbocycles. The van der Waals surface area contributed by atoms with Gasteiger partial charge in [-0.3, -0.25) is 48.3 Å². The number of carbonyl (C=O) groups excluding carboxylic acids is 6. The van der Waals surface area contributed by atoms with E-state index < -0.39 is 108 Å². The lowest BCUT2D eigenvalue weighted by Gasteiger charge is -2.25. The van der Waals surface area contributed by atoms with Crippen molar-refractivity contribution in [3.8, 4) is 0 Å². The zero-order valence-electron chi connectivity index (χ0n) is 24.3. The normalized spacial score (nSPS) is 30.2. The van der Waals surface area contributed by atoms with Crippen molar-refractivity contribution in [2.45, 2.75) is 48.8 Å². The lowest BCUT2D eigenvalue weighted by molar-refractivity contribution is -0.142. The zero-order chi connectivity index (χ0) is 34.4. The van der Waals surface area contributed by atoms with Crippen LogP contribution in [-0.4, -0.2) is 119 Å². The molecule has 22 nitrogen and oxygen atoms in total. The molecule has 0 aromatic heterocycles. The predicted molar refractivity (Wildman–Crippen MR) is 154 cm³/mol. The van der Waals surface area contributed by atoms with Crippen molar-refractivity contribution in [2.75, 3.05) is 26.2 Å². The van der Waals surface area contributed by atoms with E-state index in [0.717, 1.165) is 0 Å². The summed E-state index contributed by atoms with van der Waals surface area (Å²) in [6.07, 6.45) is -1.90. The number of carboxylic acid groups (broad SMARTS) is 2. The Hall–Kier alpha value is -5.70. The van der Waals surface area contributed by atoms with Gasteiger partial charge in [0, 0.05) is 24.9 Å². The second kappa shape index (κ2) is 13.9. The van der Waals surface area contributed by atoms with Gasteiger partial charge >= 0.3 is 11.9 Å². The Kier molecular flexibility index (Phi) is 10.5. The Morgan fingerprint density at radius 2 is 1.02 bits per heavy atom. The van der Waals surface area contributed by atoms with Gasteiger partial charge in [-0.2, -0.15) is 0 Å². The maximum Gasteiger partial charge on any atom is 0.305 e. The third-order valence-electron chi connectivity index (χ3n) is 7.58. The summed E-state index contributed by atoms with van der Waals surface area (Å²) in [4.78, 5) is 109. The molecule has 2 saturated carbocycles. The molecule has 46 heavy (non-hydrogen) atoms. The number of aliphatic imine (C=N–C) groups is 2. The molecule has 0 bridgehead atoms. The SMILES string of the molecule is NC(N)=NC[C@@H]1C[C@@]12NC(=O)[C@H](CC(=O)O)NC(=O)CNC(=O)[C@]1(C[C@H]1CN=C(N)N)NC(=O)[C@H](CC(=O)O)NC(=O)CNC2=O. The molecule has 2 aliphatic carbocycles. The number of hydrogen-bond donors (Lipinski definition) is 12. The smallest absolute Gasteiger partial charge is 0.305 e.